The van der Waals surface area contributed by atoms with Crippen LogP contribution in [0.3, 0.4) is 0 Å². The van der Waals surface area contributed by atoms with Gasteiger partial charge in [-0.3, -0.25) is 5.32 Å². The first-order valence-corrected chi connectivity index (χ1v) is 7.24. The molecule has 0 spiro atoms. The van der Waals surface area contributed by atoms with Crippen LogP contribution in [0.15, 0.2) is 41.1 Å². The molecule has 9 heteroatoms. The summed E-state index contributed by atoms with van der Waals surface area (Å²) < 4.78 is 38.9. The van der Waals surface area contributed by atoms with E-state index in [1.165, 1.54) is 24.5 Å². The molecule has 0 bridgehead atoms. The summed E-state index contributed by atoms with van der Waals surface area (Å²) >= 11 is 0. The lowest BCUT2D eigenvalue weighted by Crippen LogP contribution is -2.44. The maximum atomic E-state index is 12.2. The first-order chi connectivity index (χ1) is 11.6. The van der Waals surface area contributed by atoms with E-state index in [0.29, 0.717) is 25.5 Å². The van der Waals surface area contributed by atoms with E-state index in [1.807, 2.05) is 0 Å². The van der Waals surface area contributed by atoms with Crippen molar-refractivity contribution >= 4 is 11.8 Å². The SMILES string of the molecule is O=C(Nc1ccon1)N1CCO[C@@H](c2ccc(OC(F)F)cc2)C1. The summed E-state index contributed by atoms with van der Waals surface area (Å²) in [6, 6.07) is 7.40. The van der Waals surface area contributed by atoms with Crippen molar-refractivity contribution in [3.63, 3.8) is 0 Å². The molecule has 2 heterocycles. The topological polar surface area (TPSA) is 76.8 Å². The van der Waals surface area contributed by atoms with E-state index < -0.39 is 6.61 Å². The van der Waals surface area contributed by atoms with E-state index >= 15 is 0 Å². The van der Waals surface area contributed by atoms with Gasteiger partial charge < -0.3 is 18.9 Å². The molecule has 0 radical (unpaired) electrons. The van der Waals surface area contributed by atoms with E-state index in [2.05, 4.69) is 19.7 Å². The van der Waals surface area contributed by atoms with E-state index in [-0.39, 0.29) is 17.9 Å². The quantitative estimate of drug-likeness (QED) is 0.927. The summed E-state index contributed by atoms with van der Waals surface area (Å²) in [5.41, 5.74) is 0.774. The summed E-state index contributed by atoms with van der Waals surface area (Å²) in [4.78, 5) is 13.8. The van der Waals surface area contributed by atoms with Gasteiger partial charge in [0.05, 0.1) is 13.2 Å². The van der Waals surface area contributed by atoms with Crippen LogP contribution in [0.2, 0.25) is 0 Å². The Morgan fingerprint density at radius 2 is 2.12 bits per heavy atom. The molecule has 0 unspecified atom stereocenters. The molecule has 1 fully saturated rings. The van der Waals surface area contributed by atoms with Crippen molar-refractivity contribution < 1.29 is 27.6 Å². The highest BCUT2D eigenvalue weighted by molar-refractivity contribution is 5.88. The van der Waals surface area contributed by atoms with Crippen LogP contribution in [0.1, 0.15) is 11.7 Å². The lowest BCUT2D eigenvalue weighted by Gasteiger charge is -2.33. The second kappa shape index (κ2) is 7.26. The molecule has 1 aromatic heterocycles. The minimum Gasteiger partial charge on any atom is -0.435 e. The number of hydrogen-bond donors (Lipinski definition) is 1. The van der Waals surface area contributed by atoms with Crippen molar-refractivity contribution in [2.75, 3.05) is 25.0 Å². The predicted molar refractivity (Wildman–Crippen MR) is 78.9 cm³/mol. The Bertz CT molecular complexity index is 664. The van der Waals surface area contributed by atoms with Crippen LogP contribution in [-0.4, -0.2) is 42.4 Å². The molecule has 2 amide bonds. The molecular formula is C15H15F2N3O4. The van der Waals surface area contributed by atoms with Gasteiger partial charge in [-0.05, 0) is 17.7 Å². The number of nitrogens with zero attached hydrogens (tertiary/aromatic N) is 2. The molecule has 7 nitrogen and oxygen atoms in total. The van der Waals surface area contributed by atoms with Crippen molar-refractivity contribution in [2.24, 2.45) is 0 Å². The zero-order valence-corrected chi connectivity index (χ0v) is 12.5. The van der Waals surface area contributed by atoms with Crippen LogP contribution < -0.4 is 10.1 Å². The molecule has 1 saturated heterocycles. The number of rotatable bonds is 4. The van der Waals surface area contributed by atoms with Gasteiger partial charge in [-0.15, -0.1) is 0 Å². The molecule has 1 N–H and O–H groups in total. The largest absolute Gasteiger partial charge is 0.435 e. The van der Waals surface area contributed by atoms with Crippen molar-refractivity contribution in [3.8, 4) is 5.75 Å². The van der Waals surface area contributed by atoms with Crippen molar-refractivity contribution in [1.82, 2.24) is 10.1 Å². The monoisotopic (exact) mass is 339 g/mol. The zero-order chi connectivity index (χ0) is 16.9. The van der Waals surface area contributed by atoms with E-state index in [1.54, 1.807) is 17.0 Å². The van der Waals surface area contributed by atoms with Crippen LogP contribution in [-0.2, 0) is 4.74 Å². The molecule has 1 atom stereocenters. The number of aromatic nitrogens is 1. The molecule has 128 valence electrons. The van der Waals surface area contributed by atoms with Gasteiger partial charge in [0.25, 0.3) is 0 Å². The highest BCUT2D eigenvalue weighted by Gasteiger charge is 2.26. The maximum Gasteiger partial charge on any atom is 0.387 e. The van der Waals surface area contributed by atoms with Crippen LogP contribution >= 0.6 is 0 Å². The normalized spacial score (nSPS) is 17.8. The number of carbonyl (C=O) groups is 1. The Morgan fingerprint density at radius 1 is 1.33 bits per heavy atom. The van der Waals surface area contributed by atoms with E-state index in [4.69, 9.17) is 4.74 Å². The lowest BCUT2D eigenvalue weighted by atomic mass is 10.1. The summed E-state index contributed by atoms with van der Waals surface area (Å²) in [6.07, 6.45) is 1.02. The van der Waals surface area contributed by atoms with Crippen LogP contribution in [0.25, 0.3) is 0 Å². The maximum absolute atomic E-state index is 12.2. The van der Waals surface area contributed by atoms with Gasteiger partial charge >= 0.3 is 12.6 Å². The third-order valence-electron chi connectivity index (χ3n) is 3.50. The van der Waals surface area contributed by atoms with Crippen molar-refractivity contribution in [3.05, 3.63) is 42.2 Å². The van der Waals surface area contributed by atoms with Crippen molar-refractivity contribution in [2.45, 2.75) is 12.7 Å². The highest BCUT2D eigenvalue weighted by atomic mass is 19.3. The van der Waals surface area contributed by atoms with E-state index in [0.717, 1.165) is 5.56 Å². The van der Waals surface area contributed by atoms with Gasteiger partial charge in [0, 0.05) is 12.6 Å². The second-order valence-electron chi connectivity index (χ2n) is 5.07. The second-order valence-corrected chi connectivity index (χ2v) is 5.07. The van der Waals surface area contributed by atoms with Gasteiger partial charge in [0.15, 0.2) is 5.82 Å². The number of anilines is 1. The Morgan fingerprint density at radius 3 is 2.79 bits per heavy atom. The number of morpholine rings is 1. The van der Waals surface area contributed by atoms with Crippen molar-refractivity contribution in [1.29, 1.82) is 0 Å². The fourth-order valence-electron chi connectivity index (χ4n) is 2.36. The lowest BCUT2D eigenvalue weighted by molar-refractivity contribution is -0.0499. The smallest absolute Gasteiger partial charge is 0.387 e. The van der Waals surface area contributed by atoms with Gasteiger partial charge in [0.1, 0.15) is 18.1 Å². The first-order valence-electron chi connectivity index (χ1n) is 7.24. The number of halogens is 2. The third-order valence-corrected chi connectivity index (χ3v) is 3.50. The summed E-state index contributed by atoms with van der Waals surface area (Å²) in [5, 5.41) is 6.24. The molecule has 3 rings (SSSR count). The fourth-order valence-corrected chi connectivity index (χ4v) is 2.36. The average Bonchev–Trinajstić information content (AvgIpc) is 3.08. The molecular weight excluding hydrogens is 324 g/mol. The third kappa shape index (κ3) is 3.99. The number of amides is 2. The van der Waals surface area contributed by atoms with Crippen LogP contribution in [0.4, 0.5) is 19.4 Å². The minimum absolute atomic E-state index is 0.0743. The fraction of sp³-hybridized carbons (Fsp3) is 0.333. The number of hydrogen-bond acceptors (Lipinski definition) is 5. The summed E-state index contributed by atoms with van der Waals surface area (Å²) in [6.45, 7) is -1.73. The number of urea groups is 1. The number of nitrogens with one attached hydrogen (secondary N) is 1. The predicted octanol–water partition coefficient (Wildman–Crippen LogP) is 2.88. The van der Waals surface area contributed by atoms with Crippen LogP contribution in [0.5, 0.6) is 5.75 Å². The number of alkyl halides is 2. The summed E-state index contributed by atoms with van der Waals surface area (Å²) in [5.74, 6) is 0.404. The van der Waals surface area contributed by atoms with Gasteiger partial charge in [-0.1, -0.05) is 17.3 Å². The highest BCUT2D eigenvalue weighted by Crippen LogP contribution is 2.25. The molecule has 0 aliphatic carbocycles. The Kier molecular flexibility index (Phi) is 4.90. The standard InChI is InChI=1S/C15H15F2N3O4/c16-14(17)24-11-3-1-10(2-4-11)12-9-20(6-8-22-12)15(21)18-13-5-7-23-19-13/h1-5,7,12,14H,6,8-9H2,(H,18,19,21)/t12-/m1/s1. The molecule has 0 saturated carbocycles. The number of ether oxygens (including phenoxy) is 2. The zero-order valence-electron chi connectivity index (χ0n) is 12.5. The number of benzene rings is 1. The number of carbonyl (C=O) groups excluding carboxylic acids is 1. The molecule has 2 aromatic rings. The molecule has 1 aliphatic rings. The van der Waals surface area contributed by atoms with Crippen LogP contribution in [0, 0.1) is 0 Å². The Hall–Kier alpha value is -2.68. The molecule has 24 heavy (non-hydrogen) atoms. The van der Waals surface area contributed by atoms with Gasteiger partial charge in [-0.2, -0.15) is 8.78 Å². The van der Waals surface area contributed by atoms with E-state index in [9.17, 15) is 13.6 Å². The first kappa shape index (κ1) is 16.2. The Labute approximate surface area is 136 Å². The summed E-state index contributed by atoms with van der Waals surface area (Å²) in [7, 11) is 0. The molecule has 1 aliphatic heterocycles. The van der Waals surface area contributed by atoms with Gasteiger partial charge in [-0.25, -0.2) is 4.79 Å². The molecule has 1 aromatic carbocycles. The average molecular weight is 339 g/mol. The Balaban J connectivity index is 1.61. The van der Waals surface area contributed by atoms with Gasteiger partial charge in [0.2, 0.25) is 0 Å². The minimum atomic E-state index is -2.86.